The topological polar surface area (TPSA) is 66.9 Å². The molecule has 1 heterocycles. The Labute approximate surface area is 128 Å². The molecule has 0 saturated heterocycles. The van der Waals surface area contributed by atoms with E-state index < -0.39 is 0 Å². The molecule has 2 N–H and O–H groups in total. The first kappa shape index (κ1) is 15.3. The Morgan fingerprint density at radius 3 is 2.90 bits per heavy atom. The van der Waals surface area contributed by atoms with E-state index in [2.05, 4.69) is 27.5 Å². The molecule has 2 rings (SSSR count). The highest BCUT2D eigenvalue weighted by atomic mass is 35.5. The first-order chi connectivity index (χ1) is 10.1. The van der Waals surface area contributed by atoms with E-state index in [-0.39, 0.29) is 11.6 Å². The average molecular weight is 305 g/mol. The number of aromatic nitrogens is 2. The molecule has 0 bridgehead atoms. The van der Waals surface area contributed by atoms with Crippen LogP contribution in [0, 0.1) is 6.92 Å². The third kappa shape index (κ3) is 4.16. The van der Waals surface area contributed by atoms with Crippen LogP contribution in [-0.4, -0.2) is 22.4 Å². The summed E-state index contributed by atoms with van der Waals surface area (Å²) in [6.07, 6.45) is 4.00. The fourth-order valence-corrected chi connectivity index (χ4v) is 1.90. The lowest BCUT2D eigenvalue weighted by atomic mass is 10.2. The van der Waals surface area contributed by atoms with Gasteiger partial charge in [-0.05, 0) is 31.0 Å². The van der Waals surface area contributed by atoms with Crippen LogP contribution < -0.4 is 10.6 Å². The molecule has 0 spiro atoms. The van der Waals surface area contributed by atoms with Crippen LogP contribution in [0.1, 0.15) is 29.4 Å². The maximum Gasteiger partial charge on any atom is 0.275 e. The van der Waals surface area contributed by atoms with Crippen molar-refractivity contribution in [1.29, 1.82) is 0 Å². The lowest BCUT2D eigenvalue weighted by molar-refractivity contribution is 0.102. The van der Waals surface area contributed by atoms with Gasteiger partial charge in [-0.3, -0.25) is 9.78 Å². The Bertz CT molecular complexity index is 645. The summed E-state index contributed by atoms with van der Waals surface area (Å²) in [6, 6.07) is 5.34. The van der Waals surface area contributed by atoms with Crippen LogP contribution in [0.3, 0.4) is 0 Å². The summed E-state index contributed by atoms with van der Waals surface area (Å²) in [5, 5.41) is 6.47. The zero-order chi connectivity index (χ0) is 15.2. The van der Waals surface area contributed by atoms with Crippen molar-refractivity contribution in [2.75, 3.05) is 17.2 Å². The molecule has 1 aromatic carbocycles. The highest BCUT2D eigenvalue weighted by molar-refractivity contribution is 6.31. The second kappa shape index (κ2) is 7.04. The van der Waals surface area contributed by atoms with Gasteiger partial charge >= 0.3 is 0 Å². The first-order valence-corrected chi connectivity index (χ1v) is 7.11. The number of carbonyl (C=O) groups is 1. The number of hydrogen-bond donors (Lipinski definition) is 2. The van der Waals surface area contributed by atoms with E-state index in [1.54, 1.807) is 18.3 Å². The van der Waals surface area contributed by atoms with Crippen molar-refractivity contribution >= 4 is 29.0 Å². The van der Waals surface area contributed by atoms with Gasteiger partial charge in [-0.1, -0.05) is 24.6 Å². The molecule has 1 aromatic heterocycles. The maximum atomic E-state index is 12.2. The number of hydrogen-bond acceptors (Lipinski definition) is 4. The fraction of sp³-hybridized carbons (Fsp3) is 0.267. The number of halogens is 1. The standard InChI is InChI=1S/C15H17ClN4O/c1-3-6-18-14-9-17-8-13(19-14)15(21)20-12-7-11(16)5-4-10(12)2/h4-5,7-9H,3,6H2,1-2H3,(H,18,19)(H,20,21). The molecule has 0 unspecified atom stereocenters. The number of rotatable bonds is 5. The molecule has 0 aliphatic rings. The summed E-state index contributed by atoms with van der Waals surface area (Å²) in [7, 11) is 0. The summed E-state index contributed by atoms with van der Waals surface area (Å²) in [5.74, 6) is 0.278. The predicted octanol–water partition coefficient (Wildman–Crippen LogP) is 3.51. The first-order valence-electron chi connectivity index (χ1n) is 6.73. The van der Waals surface area contributed by atoms with E-state index in [1.807, 2.05) is 13.0 Å². The molecule has 5 nitrogen and oxygen atoms in total. The summed E-state index contributed by atoms with van der Waals surface area (Å²) in [6.45, 7) is 4.74. The SMILES string of the molecule is CCCNc1cncc(C(=O)Nc2cc(Cl)ccc2C)n1. The zero-order valence-electron chi connectivity index (χ0n) is 12.0. The van der Waals surface area contributed by atoms with Gasteiger partial charge in [-0.15, -0.1) is 0 Å². The second-order valence-electron chi connectivity index (χ2n) is 4.63. The second-order valence-corrected chi connectivity index (χ2v) is 5.07. The van der Waals surface area contributed by atoms with Crippen molar-refractivity contribution in [3.05, 3.63) is 46.9 Å². The van der Waals surface area contributed by atoms with Crippen LogP contribution in [0.4, 0.5) is 11.5 Å². The van der Waals surface area contributed by atoms with E-state index in [0.717, 1.165) is 18.5 Å². The Hall–Kier alpha value is -2.14. The van der Waals surface area contributed by atoms with Crippen molar-refractivity contribution in [2.45, 2.75) is 20.3 Å². The summed E-state index contributed by atoms with van der Waals surface area (Å²) < 4.78 is 0. The van der Waals surface area contributed by atoms with Crippen LogP contribution in [-0.2, 0) is 0 Å². The van der Waals surface area contributed by atoms with Gasteiger partial charge in [0.2, 0.25) is 0 Å². The third-order valence-electron chi connectivity index (χ3n) is 2.87. The maximum absolute atomic E-state index is 12.2. The molecule has 0 fully saturated rings. The van der Waals surface area contributed by atoms with E-state index in [0.29, 0.717) is 16.5 Å². The highest BCUT2D eigenvalue weighted by Gasteiger charge is 2.11. The van der Waals surface area contributed by atoms with Crippen LogP contribution >= 0.6 is 11.6 Å². The molecule has 2 aromatic rings. The monoisotopic (exact) mass is 304 g/mol. The summed E-state index contributed by atoms with van der Waals surface area (Å²) in [4.78, 5) is 20.5. The van der Waals surface area contributed by atoms with Gasteiger partial charge in [0.1, 0.15) is 11.5 Å². The third-order valence-corrected chi connectivity index (χ3v) is 3.11. The number of anilines is 2. The van der Waals surface area contributed by atoms with Crippen LogP contribution in [0.15, 0.2) is 30.6 Å². The number of benzene rings is 1. The molecule has 0 radical (unpaired) electrons. The minimum absolute atomic E-state index is 0.260. The van der Waals surface area contributed by atoms with E-state index >= 15 is 0 Å². The molecule has 21 heavy (non-hydrogen) atoms. The van der Waals surface area contributed by atoms with Gasteiger partial charge in [-0.25, -0.2) is 4.98 Å². The quantitative estimate of drug-likeness (QED) is 0.887. The Morgan fingerprint density at radius 2 is 2.14 bits per heavy atom. The molecular formula is C15H17ClN4O. The molecule has 110 valence electrons. The fourth-order valence-electron chi connectivity index (χ4n) is 1.73. The van der Waals surface area contributed by atoms with Crippen molar-refractivity contribution < 1.29 is 4.79 Å². The largest absolute Gasteiger partial charge is 0.369 e. The minimum atomic E-state index is -0.312. The normalized spacial score (nSPS) is 10.2. The molecule has 1 amide bonds. The van der Waals surface area contributed by atoms with Gasteiger partial charge in [-0.2, -0.15) is 0 Å². The van der Waals surface area contributed by atoms with Gasteiger partial charge in [0.15, 0.2) is 0 Å². The minimum Gasteiger partial charge on any atom is -0.369 e. The summed E-state index contributed by atoms with van der Waals surface area (Å²) >= 11 is 5.94. The van der Waals surface area contributed by atoms with Crippen molar-refractivity contribution in [3.63, 3.8) is 0 Å². The van der Waals surface area contributed by atoms with Crippen molar-refractivity contribution in [1.82, 2.24) is 9.97 Å². The van der Waals surface area contributed by atoms with Crippen molar-refractivity contribution in [2.24, 2.45) is 0 Å². The number of amides is 1. The smallest absolute Gasteiger partial charge is 0.275 e. The van der Waals surface area contributed by atoms with E-state index in [4.69, 9.17) is 11.6 Å². The summed E-state index contributed by atoms with van der Waals surface area (Å²) in [5.41, 5.74) is 1.86. The Morgan fingerprint density at radius 1 is 1.33 bits per heavy atom. The molecule has 0 aliphatic heterocycles. The number of carbonyl (C=O) groups excluding carboxylic acids is 1. The molecule has 0 saturated carbocycles. The average Bonchev–Trinajstić information content (AvgIpc) is 2.49. The molecular weight excluding hydrogens is 288 g/mol. The van der Waals surface area contributed by atoms with Crippen LogP contribution in [0.5, 0.6) is 0 Å². The zero-order valence-corrected chi connectivity index (χ0v) is 12.7. The van der Waals surface area contributed by atoms with E-state index in [9.17, 15) is 4.79 Å². The number of nitrogens with zero attached hydrogens (tertiary/aromatic N) is 2. The molecule has 0 atom stereocenters. The van der Waals surface area contributed by atoms with E-state index in [1.165, 1.54) is 6.20 Å². The lowest BCUT2D eigenvalue weighted by Gasteiger charge is -2.09. The van der Waals surface area contributed by atoms with Gasteiger partial charge in [0.05, 0.1) is 12.4 Å². The predicted molar refractivity (Wildman–Crippen MR) is 85.0 cm³/mol. The Balaban J connectivity index is 2.14. The van der Waals surface area contributed by atoms with Gasteiger partial charge in [0.25, 0.3) is 5.91 Å². The molecule has 0 aliphatic carbocycles. The van der Waals surface area contributed by atoms with Crippen LogP contribution in [0.2, 0.25) is 5.02 Å². The van der Waals surface area contributed by atoms with Crippen LogP contribution in [0.25, 0.3) is 0 Å². The number of nitrogens with one attached hydrogen (secondary N) is 2. The Kier molecular flexibility index (Phi) is 5.11. The number of aryl methyl sites for hydroxylation is 1. The molecule has 6 heteroatoms. The van der Waals surface area contributed by atoms with Gasteiger partial charge in [0, 0.05) is 17.3 Å². The highest BCUT2D eigenvalue weighted by Crippen LogP contribution is 2.20. The van der Waals surface area contributed by atoms with Crippen molar-refractivity contribution in [3.8, 4) is 0 Å². The van der Waals surface area contributed by atoms with Gasteiger partial charge < -0.3 is 10.6 Å². The lowest BCUT2D eigenvalue weighted by Crippen LogP contribution is -2.16.